The third kappa shape index (κ3) is 5.74. The standard InChI is InChI=1S/C20H30F2N2O2/c1-4-26-14-16-6-5-7-17(15-8-10-20(21,22)11-9-15)18(16)19(25)23-12-13-24(2)3/h5-7,15H,4,8-14H2,1-3H3,(H,23,25). The topological polar surface area (TPSA) is 41.6 Å². The van der Waals surface area contributed by atoms with E-state index in [4.69, 9.17) is 4.74 Å². The quantitative estimate of drug-likeness (QED) is 0.759. The first-order valence-electron chi connectivity index (χ1n) is 9.34. The third-order valence-corrected chi connectivity index (χ3v) is 4.87. The molecular weight excluding hydrogens is 338 g/mol. The molecule has 0 atom stereocenters. The Morgan fingerprint density at radius 2 is 2.00 bits per heavy atom. The lowest BCUT2D eigenvalue weighted by Gasteiger charge is -2.30. The second-order valence-electron chi connectivity index (χ2n) is 7.21. The fraction of sp³-hybridized carbons (Fsp3) is 0.650. The van der Waals surface area contributed by atoms with Crippen LogP contribution in [0.1, 0.15) is 60.0 Å². The van der Waals surface area contributed by atoms with Gasteiger partial charge in [-0.1, -0.05) is 18.2 Å². The number of nitrogens with one attached hydrogen (secondary N) is 1. The number of carbonyl (C=O) groups excluding carboxylic acids is 1. The molecule has 1 fully saturated rings. The fourth-order valence-corrected chi connectivity index (χ4v) is 3.40. The number of nitrogens with zero attached hydrogens (tertiary/aromatic N) is 1. The summed E-state index contributed by atoms with van der Waals surface area (Å²) in [7, 11) is 3.89. The highest BCUT2D eigenvalue weighted by Gasteiger charge is 2.36. The van der Waals surface area contributed by atoms with E-state index in [1.165, 1.54) is 0 Å². The maximum Gasteiger partial charge on any atom is 0.251 e. The molecular formula is C20H30F2N2O2. The molecule has 1 amide bonds. The average molecular weight is 368 g/mol. The van der Waals surface area contributed by atoms with Gasteiger partial charge in [0, 0.05) is 38.1 Å². The largest absolute Gasteiger partial charge is 0.377 e. The number of hydrogen-bond donors (Lipinski definition) is 1. The molecule has 1 N–H and O–H groups in total. The van der Waals surface area contributed by atoms with Crippen molar-refractivity contribution in [1.82, 2.24) is 10.2 Å². The van der Waals surface area contributed by atoms with Crippen molar-refractivity contribution in [2.45, 2.75) is 51.1 Å². The molecule has 0 radical (unpaired) electrons. The molecule has 1 aromatic carbocycles. The second kappa shape index (κ2) is 9.42. The highest BCUT2D eigenvalue weighted by Crippen LogP contribution is 2.42. The van der Waals surface area contributed by atoms with Crippen molar-refractivity contribution in [3.05, 3.63) is 34.9 Å². The van der Waals surface area contributed by atoms with E-state index in [0.717, 1.165) is 17.7 Å². The van der Waals surface area contributed by atoms with Crippen molar-refractivity contribution in [2.24, 2.45) is 0 Å². The number of halogens is 2. The molecule has 0 aromatic heterocycles. The summed E-state index contributed by atoms with van der Waals surface area (Å²) in [5, 5.41) is 2.96. The van der Waals surface area contributed by atoms with Crippen LogP contribution in [0.2, 0.25) is 0 Å². The number of carbonyl (C=O) groups is 1. The Bertz CT molecular complexity index is 595. The molecule has 0 saturated heterocycles. The van der Waals surface area contributed by atoms with Crippen LogP contribution in [0.5, 0.6) is 0 Å². The second-order valence-corrected chi connectivity index (χ2v) is 7.21. The molecule has 1 aliphatic rings. The number of rotatable bonds is 8. The molecule has 0 unspecified atom stereocenters. The third-order valence-electron chi connectivity index (χ3n) is 4.87. The minimum atomic E-state index is -2.58. The van der Waals surface area contributed by atoms with Gasteiger partial charge in [-0.05, 0) is 50.9 Å². The van der Waals surface area contributed by atoms with Crippen LogP contribution < -0.4 is 5.32 Å². The van der Waals surface area contributed by atoms with Gasteiger partial charge in [-0.3, -0.25) is 4.79 Å². The molecule has 1 aliphatic carbocycles. The zero-order valence-electron chi connectivity index (χ0n) is 16.0. The zero-order valence-corrected chi connectivity index (χ0v) is 16.0. The molecule has 1 saturated carbocycles. The van der Waals surface area contributed by atoms with E-state index in [1.807, 2.05) is 44.1 Å². The van der Waals surface area contributed by atoms with E-state index in [1.54, 1.807) is 0 Å². The molecule has 1 aromatic rings. The molecule has 2 rings (SSSR count). The number of benzene rings is 1. The van der Waals surface area contributed by atoms with Crippen LogP contribution in [0.4, 0.5) is 8.78 Å². The normalized spacial score (nSPS) is 17.5. The van der Waals surface area contributed by atoms with Crippen LogP contribution in [0, 0.1) is 0 Å². The van der Waals surface area contributed by atoms with Crippen molar-refractivity contribution < 1.29 is 18.3 Å². The molecule has 6 heteroatoms. The minimum Gasteiger partial charge on any atom is -0.377 e. The summed E-state index contributed by atoms with van der Waals surface area (Å²) < 4.78 is 32.6. The highest BCUT2D eigenvalue weighted by molar-refractivity contribution is 5.97. The van der Waals surface area contributed by atoms with Gasteiger partial charge in [0.1, 0.15) is 0 Å². The van der Waals surface area contributed by atoms with E-state index < -0.39 is 5.92 Å². The zero-order chi connectivity index (χ0) is 19.2. The average Bonchev–Trinajstić information content (AvgIpc) is 2.59. The summed E-state index contributed by atoms with van der Waals surface area (Å²) in [5.74, 6) is -2.73. The van der Waals surface area contributed by atoms with Crippen LogP contribution in [0.25, 0.3) is 0 Å². The number of likely N-dealkylation sites (N-methyl/N-ethyl adjacent to an activating group) is 1. The van der Waals surface area contributed by atoms with E-state index >= 15 is 0 Å². The molecule has 26 heavy (non-hydrogen) atoms. The monoisotopic (exact) mass is 368 g/mol. The van der Waals surface area contributed by atoms with Crippen molar-refractivity contribution in [1.29, 1.82) is 0 Å². The van der Waals surface area contributed by atoms with Gasteiger partial charge >= 0.3 is 0 Å². The Balaban J connectivity index is 2.24. The van der Waals surface area contributed by atoms with Gasteiger partial charge in [0.15, 0.2) is 0 Å². The lowest BCUT2D eigenvalue weighted by atomic mass is 9.79. The Hall–Kier alpha value is -1.53. The van der Waals surface area contributed by atoms with Crippen LogP contribution in [0.3, 0.4) is 0 Å². The maximum atomic E-state index is 13.5. The van der Waals surface area contributed by atoms with Gasteiger partial charge < -0.3 is 15.0 Å². The van der Waals surface area contributed by atoms with E-state index in [0.29, 0.717) is 38.2 Å². The van der Waals surface area contributed by atoms with E-state index in [9.17, 15) is 13.6 Å². The fourth-order valence-electron chi connectivity index (χ4n) is 3.40. The van der Waals surface area contributed by atoms with Crippen LogP contribution in [0.15, 0.2) is 18.2 Å². The predicted molar refractivity (Wildman–Crippen MR) is 98.8 cm³/mol. The Morgan fingerprint density at radius 3 is 2.62 bits per heavy atom. The molecule has 0 spiro atoms. The number of ether oxygens (including phenoxy) is 1. The molecule has 146 valence electrons. The molecule has 0 heterocycles. The Labute approximate surface area is 154 Å². The van der Waals surface area contributed by atoms with Crippen LogP contribution in [-0.2, 0) is 11.3 Å². The van der Waals surface area contributed by atoms with Gasteiger partial charge in [0.05, 0.1) is 6.61 Å². The van der Waals surface area contributed by atoms with Gasteiger partial charge in [-0.25, -0.2) is 8.78 Å². The summed E-state index contributed by atoms with van der Waals surface area (Å²) in [6, 6.07) is 5.69. The van der Waals surface area contributed by atoms with Crippen molar-refractivity contribution in [3.8, 4) is 0 Å². The lowest BCUT2D eigenvalue weighted by Crippen LogP contribution is -2.33. The van der Waals surface area contributed by atoms with Gasteiger partial charge in [0.25, 0.3) is 5.91 Å². The van der Waals surface area contributed by atoms with Crippen molar-refractivity contribution in [2.75, 3.05) is 33.8 Å². The number of amides is 1. The first-order chi connectivity index (χ1) is 12.3. The first-order valence-corrected chi connectivity index (χ1v) is 9.34. The molecule has 0 bridgehead atoms. The molecule has 0 aliphatic heterocycles. The summed E-state index contributed by atoms with van der Waals surface area (Å²) in [6.07, 6.45) is 0.580. The van der Waals surface area contributed by atoms with Crippen LogP contribution >= 0.6 is 0 Å². The predicted octanol–water partition coefficient (Wildman–Crippen LogP) is 3.81. The van der Waals surface area contributed by atoms with Crippen molar-refractivity contribution >= 4 is 5.91 Å². The number of alkyl halides is 2. The summed E-state index contributed by atoms with van der Waals surface area (Å²) in [5.41, 5.74) is 2.30. The summed E-state index contributed by atoms with van der Waals surface area (Å²) >= 11 is 0. The molecule has 4 nitrogen and oxygen atoms in total. The lowest BCUT2D eigenvalue weighted by molar-refractivity contribution is -0.0382. The summed E-state index contributed by atoms with van der Waals surface area (Å²) in [4.78, 5) is 14.9. The highest BCUT2D eigenvalue weighted by atomic mass is 19.3. The Kier molecular flexibility index (Phi) is 7.53. The SMILES string of the molecule is CCOCc1cccc(C2CCC(F)(F)CC2)c1C(=O)NCCN(C)C. The van der Waals surface area contributed by atoms with Gasteiger partial charge in [0.2, 0.25) is 5.92 Å². The Morgan fingerprint density at radius 1 is 1.31 bits per heavy atom. The van der Waals surface area contributed by atoms with E-state index in [-0.39, 0.29) is 24.7 Å². The maximum absolute atomic E-state index is 13.5. The summed E-state index contributed by atoms with van der Waals surface area (Å²) in [6.45, 7) is 4.09. The van der Waals surface area contributed by atoms with Crippen LogP contribution in [-0.4, -0.2) is 50.5 Å². The number of hydrogen-bond acceptors (Lipinski definition) is 3. The van der Waals surface area contributed by atoms with Gasteiger partial charge in [-0.2, -0.15) is 0 Å². The van der Waals surface area contributed by atoms with Gasteiger partial charge in [-0.15, -0.1) is 0 Å². The van der Waals surface area contributed by atoms with E-state index in [2.05, 4.69) is 5.32 Å². The first kappa shape index (κ1) is 20.8. The minimum absolute atomic E-state index is 0.00852. The smallest absolute Gasteiger partial charge is 0.251 e. The van der Waals surface area contributed by atoms with Crippen molar-refractivity contribution in [3.63, 3.8) is 0 Å².